The second-order valence-corrected chi connectivity index (χ2v) is 7.32. The molecule has 0 saturated heterocycles. The summed E-state index contributed by atoms with van der Waals surface area (Å²) in [4.78, 5) is 3.77. The van der Waals surface area contributed by atoms with E-state index in [1.54, 1.807) is 17.1 Å². The molecule has 0 fully saturated rings. The van der Waals surface area contributed by atoms with Crippen molar-refractivity contribution in [2.24, 2.45) is 7.05 Å². The first-order valence-corrected chi connectivity index (χ1v) is 8.37. The number of aryl methyl sites for hydroxylation is 1. The molecule has 1 aromatic carbocycles. The van der Waals surface area contributed by atoms with E-state index in [1.807, 2.05) is 7.05 Å². The summed E-state index contributed by atoms with van der Waals surface area (Å²) in [5.74, 6) is 0.193. The smallest absolute Gasteiger partial charge is 0.261 e. The molecule has 0 atom stereocenters. The van der Waals surface area contributed by atoms with Gasteiger partial charge in [-0.1, -0.05) is 23.2 Å². The van der Waals surface area contributed by atoms with Crippen LogP contribution in [-0.2, 0) is 22.7 Å². The van der Waals surface area contributed by atoms with Crippen LogP contribution in [0, 0.1) is 0 Å². The molecule has 0 N–H and O–H groups in total. The lowest BCUT2D eigenvalue weighted by Gasteiger charge is -2.11. The summed E-state index contributed by atoms with van der Waals surface area (Å²) in [6.45, 7) is 0.197. The fourth-order valence-electron chi connectivity index (χ4n) is 1.49. The van der Waals surface area contributed by atoms with Crippen LogP contribution < -0.4 is 4.74 Å². The van der Waals surface area contributed by atoms with Crippen molar-refractivity contribution < 1.29 is 13.2 Å². The van der Waals surface area contributed by atoms with Crippen LogP contribution in [0.15, 0.2) is 29.6 Å². The van der Waals surface area contributed by atoms with Crippen LogP contribution >= 0.6 is 33.9 Å². The van der Waals surface area contributed by atoms with Gasteiger partial charge in [-0.25, -0.2) is 13.4 Å². The van der Waals surface area contributed by atoms with E-state index >= 15 is 0 Å². The molecule has 0 spiro atoms. The van der Waals surface area contributed by atoms with E-state index in [0.29, 0.717) is 0 Å². The van der Waals surface area contributed by atoms with E-state index < -0.39 is 9.05 Å². The first-order valence-electron chi connectivity index (χ1n) is 5.30. The molecule has 0 saturated carbocycles. The molecule has 0 aliphatic heterocycles. The van der Waals surface area contributed by atoms with Gasteiger partial charge in [0.05, 0.1) is 33.2 Å². The molecule has 0 aliphatic rings. The Labute approximate surface area is 130 Å². The zero-order valence-corrected chi connectivity index (χ0v) is 13.3. The van der Waals surface area contributed by atoms with E-state index in [2.05, 4.69) is 4.98 Å². The highest BCUT2D eigenvalue weighted by Gasteiger charge is 2.17. The Bertz CT molecular complexity index is 720. The van der Waals surface area contributed by atoms with Gasteiger partial charge in [-0.05, 0) is 12.1 Å². The molecule has 1 heterocycles. The minimum Gasteiger partial charge on any atom is -0.484 e. The molecule has 1 aromatic heterocycles. The Hall–Kier alpha value is -0.950. The van der Waals surface area contributed by atoms with Gasteiger partial charge in [0.1, 0.15) is 6.61 Å². The summed E-state index contributed by atoms with van der Waals surface area (Å²) >= 11 is 11.9. The number of ether oxygens (including phenoxy) is 1. The van der Waals surface area contributed by atoms with Gasteiger partial charge in [-0.2, -0.15) is 0 Å². The van der Waals surface area contributed by atoms with Crippen LogP contribution in [0.1, 0.15) is 5.69 Å². The zero-order valence-electron chi connectivity index (χ0n) is 10.2. The standard InChI is InChI=1S/C11H9Cl3N2O3S/c1-16-6-15-4-7(16)5-19-11-9(12)2-8(3-10(11)13)20(14,17)18/h2-4,6H,5H2,1H3. The van der Waals surface area contributed by atoms with Gasteiger partial charge in [-0.3, -0.25) is 0 Å². The summed E-state index contributed by atoms with van der Waals surface area (Å²) in [5.41, 5.74) is 0.811. The minimum atomic E-state index is -3.90. The molecule has 0 radical (unpaired) electrons. The van der Waals surface area contributed by atoms with Crippen molar-refractivity contribution in [3.05, 3.63) is 40.4 Å². The van der Waals surface area contributed by atoms with Crippen LogP contribution in [0.5, 0.6) is 5.75 Å². The summed E-state index contributed by atoms with van der Waals surface area (Å²) in [6.07, 6.45) is 3.27. The first-order chi connectivity index (χ1) is 9.29. The van der Waals surface area contributed by atoms with Crippen molar-refractivity contribution in [2.45, 2.75) is 11.5 Å². The Kier molecular flexibility index (Phi) is 4.49. The van der Waals surface area contributed by atoms with Crippen LogP contribution in [0.4, 0.5) is 0 Å². The SMILES string of the molecule is Cn1cncc1COc1c(Cl)cc(S(=O)(=O)Cl)cc1Cl. The Morgan fingerprint density at radius 3 is 2.35 bits per heavy atom. The number of hydrogen-bond acceptors (Lipinski definition) is 4. The van der Waals surface area contributed by atoms with Gasteiger partial charge in [0.2, 0.25) is 0 Å². The number of benzene rings is 1. The summed E-state index contributed by atoms with van der Waals surface area (Å²) in [7, 11) is 3.16. The van der Waals surface area contributed by atoms with Crippen molar-refractivity contribution in [2.75, 3.05) is 0 Å². The van der Waals surface area contributed by atoms with Gasteiger partial charge in [0.25, 0.3) is 9.05 Å². The Morgan fingerprint density at radius 1 is 1.30 bits per heavy atom. The predicted octanol–water partition coefficient (Wildman–Crippen LogP) is 3.23. The van der Waals surface area contributed by atoms with Crippen molar-refractivity contribution in [1.29, 1.82) is 0 Å². The van der Waals surface area contributed by atoms with Crippen molar-refractivity contribution in [3.63, 3.8) is 0 Å². The highest BCUT2D eigenvalue weighted by molar-refractivity contribution is 8.13. The topological polar surface area (TPSA) is 61.2 Å². The second-order valence-electron chi connectivity index (χ2n) is 3.94. The molecule has 0 unspecified atom stereocenters. The van der Waals surface area contributed by atoms with E-state index in [9.17, 15) is 8.42 Å². The van der Waals surface area contributed by atoms with Gasteiger partial charge < -0.3 is 9.30 Å². The lowest BCUT2D eigenvalue weighted by molar-refractivity contribution is 0.297. The summed E-state index contributed by atoms with van der Waals surface area (Å²) in [6, 6.07) is 2.38. The number of nitrogens with zero attached hydrogens (tertiary/aromatic N) is 2. The number of hydrogen-bond donors (Lipinski definition) is 0. The predicted molar refractivity (Wildman–Crippen MR) is 77.0 cm³/mol. The van der Waals surface area contributed by atoms with Crippen molar-refractivity contribution >= 4 is 42.9 Å². The molecule has 2 aromatic rings. The second kappa shape index (κ2) is 5.81. The van der Waals surface area contributed by atoms with Crippen molar-refractivity contribution in [3.8, 4) is 5.75 Å². The summed E-state index contributed by atoms with van der Waals surface area (Å²) < 4.78 is 29.7. The third-order valence-electron chi connectivity index (χ3n) is 2.53. The molecule has 108 valence electrons. The number of rotatable bonds is 4. The fraction of sp³-hybridized carbons (Fsp3) is 0.182. The number of aromatic nitrogens is 2. The average molecular weight is 356 g/mol. The van der Waals surface area contributed by atoms with Crippen LogP contribution in [-0.4, -0.2) is 18.0 Å². The molecule has 9 heteroatoms. The Morgan fingerprint density at radius 2 is 1.90 bits per heavy atom. The number of imidazole rings is 1. The monoisotopic (exact) mass is 354 g/mol. The average Bonchev–Trinajstić information content (AvgIpc) is 2.72. The van der Waals surface area contributed by atoms with Gasteiger partial charge in [0, 0.05) is 17.7 Å². The molecule has 0 amide bonds. The molecule has 2 rings (SSSR count). The van der Waals surface area contributed by atoms with Gasteiger partial charge in [0.15, 0.2) is 5.75 Å². The Balaban J connectivity index is 2.27. The minimum absolute atomic E-state index is 0.0684. The van der Waals surface area contributed by atoms with E-state index in [0.717, 1.165) is 5.69 Å². The first kappa shape index (κ1) is 15.4. The zero-order chi connectivity index (χ0) is 14.9. The largest absolute Gasteiger partial charge is 0.484 e. The highest BCUT2D eigenvalue weighted by atomic mass is 35.7. The maximum atomic E-state index is 11.2. The van der Waals surface area contributed by atoms with Gasteiger partial charge in [-0.15, -0.1) is 0 Å². The normalized spacial score (nSPS) is 11.6. The van der Waals surface area contributed by atoms with Gasteiger partial charge >= 0.3 is 0 Å². The molecule has 0 bridgehead atoms. The fourth-order valence-corrected chi connectivity index (χ4v) is 3.00. The molecule has 0 aliphatic carbocycles. The lowest BCUT2D eigenvalue weighted by Crippen LogP contribution is -2.02. The van der Waals surface area contributed by atoms with Crippen LogP contribution in [0.25, 0.3) is 0 Å². The third-order valence-corrected chi connectivity index (χ3v) is 4.43. The molecular weight excluding hydrogens is 347 g/mol. The lowest BCUT2D eigenvalue weighted by atomic mass is 10.3. The highest BCUT2D eigenvalue weighted by Crippen LogP contribution is 2.36. The van der Waals surface area contributed by atoms with Crippen LogP contribution in [0.2, 0.25) is 10.0 Å². The number of halogens is 3. The van der Waals surface area contributed by atoms with E-state index in [1.165, 1.54) is 12.1 Å². The molecule has 20 heavy (non-hydrogen) atoms. The van der Waals surface area contributed by atoms with Crippen molar-refractivity contribution in [1.82, 2.24) is 9.55 Å². The molecular formula is C11H9Cl3N2O3S. The van der Waals surface area contributed by atoms with E-state index in [-0.39, 0.29) is 27.3 Å². The maximum absolute atomic E-state index is 11.2. The van der Waals surface area contributed by atoms with Crippen LogP contribution in [0.3, 0.4) is 0 Å². The van der Waals surface area contributed by atoms with E-state index in [4.69, 9.17) is 38.6 Å². The maximum Gasteiger partial charge on any atom is 0.261 e. The molecule has 5 nitrogen and oxygen atoms in total. The summed E-state index contributed by atoms with van der Waals surface area (Å²) in [5, 5.41) is 0.137. The third kappa shape index (κ3) is 3.38. The quantitative estimate of drug-likeness (QED) is 0.790.